The van der Waals surface area contributed by atoms with E-state index in [2.05, 4.69) is 12.2 Å². The van der Waals surface area contributed by atoms with Gasteiger partial charge in [-0.15, -0.1) is 0 Å². The summed E-state index contributed by atoms with van der Waals surface area (Å²) in [6.45, 7) is 6.26. The van der Waals surface area contributed by atoms with Crippen molar-refractivity contribution < 1.29 is 19.1 Å². The van der Waals surface area contributed by atoms with Crippen molar-refractivity contribution in [3.05, 3.63) is 53.1 Å². The van der Waals surface area contributed by atoms with Crippen LogP contribution < -0.4 is 19.7 Å². The SMILES string of the molecule is CCc1cccc(C)c1N(CCNC(=O)c1c(OC)cccc1OC)C(C)=O. The fourth-order valence-electron chi connectivity index (χ4n) is 3.26. The molecular weight excluding hydrogens is 356 g/mol. The molecule has 0 unspecified atom stereocenters. The number of rotatable bonds is 8. The Morgan fingerprint density at radius 1 is 1.04 bits per heavy atom. The molecule has 0 aliphatic carbocycles. The van der Waals surface area contributed by atoms with Gasteiger partial charge in [0.15, 0.2) is 0 Å². The van der Waals surface area contributed by atoms with Crippen LogP contribution in [-0.2, 0) is 11.2 Å². The molecule has 0 saturated heterocycles. The molecule has 0 bridgehead atoms. The third-order valence-corrected chi connectivity index (χ3v) is 4.63. The van der Waals surface area contributed by atoms with E-state index in [0.717, 1.165) is 23.2 Å². The van der Waals surface area contributed by atoms with Gasteiger partial charge in [-0.3, -0.25) is 9.59 Å². The third-order valence-electron chi connectivity index (χ3n) is 4.63. The molecule has 0 aromatic heterocycles. The summed E-state index contributed by atoms with van der Waals surface area (Å²) in [5.41, 5.74) is 3.40. The molecule has 1 N–H and O–H groups in total. The lowest BCUT2D eigenvalue weighted by molar-refractivity contribution is -0.116. The molecule has 2 aromatic rings. The van der Waals surface area contributed by atoms with Crippen molar-refractivity contribution in [3.63, 3.8) is 0 Å². The summed E-state index contributed by atoms with van der Waals surface area (Å²) in [6, 6.07) is 11.2. The summed E-state index contributed by atoms with van der Waals surface area (Å²) in [5, 5.41) is 2.87. The van der Waals surface area contributed by atoms with Crippen LogP contribution in [0.4, 0.5) is 5.69 Å². The molecular formula is C22H28N2O4. The number of benzene rings is 2. The molecule has 0 fully saturated rings. The molecule has 6 heteroatoms. The van der Waals surface area contributed by atoms with E-state index in [-0.39, 0.29) is 11.8 Å². The maximum absolute atomic E-state index is 12.7. The molecule has 0 heterocycles. The summed E-state index contributed by atoms with van der Waals surface area (Å²) in [5.74, 6) is 0.506. The minimum Gasteiger partial charge on any atom is -0.496 e. The summed E-state index contributed by atoms with van der Waals surface area (Å²) < 4.78 is 10.6. The lowest BCUT2D eigenvalue weighted by Crippen LogP contribution is -2.38. The molecule has 2 amide bonds. The standard InChI is InChI=1S/C22H28N2O4/c1-6-17-10-7-9-15(2)21(17)24(16(3)25)14-13-23-22(26)20-18(27-4)11-8-12-19(20)28-5/h7-12H,6,13-14H2,1-5H3,(H,23,26). The molecule has 0 spiro atoms. The van der Waals surface area contributed by atoms with Crippen molar-refractivity contribution in [1.29, 1.82) is 0 Å². The van der Waals surface area contributed by atoms with Crippen LogP contribution in [0.2, 0.25) is 0 Å². The van der Waals surface area contributed by atoms with Gasteiger partial charge in [0.05, 0.1) is 14.2 Å². The van der Waals surface area contributed by atoms with Crippen LogP contribution in [0.15, 0.2) is 36.4 Å². The highest BCUT2D eigenvalue weighted by Crippen LogP contribution is 2.28. The maximum atomic E-state index is 12.7. The first-order valence-corrected chi connectivity index (χ1v) is 9.30. The highest BCUT2D eigenvalue weighted by molar-refractivity contribution is 6.00. The fourth-order valence-corrected chi connectivity index (χ4v) is 3.26. The predicted octanol–water partition coefficient (Wildman–Crippen LogP) is 3.36. The monoisotopic (exact) mass is 384 g/mol. The number of ether oxygens (including phenoxy) is 2. The van der Waals surface area contributed by atoms with Crippen molar-refractivity contribution in [2.24, 2.45) is 0 Å². The van der Waals surface area contributed by atoms with E-state index in [1.165, 1.54) is 21.1 Å². The first kappa shape index (κ1) is 21.3. The Balaban J connectivity index is 2.17. The average molecular weight is 384 g/mol. The molecule has 0 aliphatic heterocycles. The van der Waals surface area contributed by atoms with Crippen molar-refractivity contribution >= 4 is 17.5 Å². The zero-order chi connectivity index (χ0) is 20.7. The number of methoxy groups -OCH3 is 2. The van der Waals surface area contributed by atoms with Crippen LogP contribution in [0.5, 0.6) is 11.5 Å². The van der Waals surface area contributed by atoms with Crippen LogP contribution in [0.1, 0.15) is 35.3 Å². The van der Waals surface area contributed by atoms with Crippen LogP contribution in [0.25, 0.3) is 0 Å². The van der Waals surface area contributed by atoms with Gasteiger partial charge < -0.3 is 19.7 Å². The molecule has 0 radical (unpaired) electrons. The third kappa shape index (κ3) is 4.63. The largest absolute Gasteiger partial charge is 0.496 e. The number of anilines is 1. The van der Waals surface area contributed by atoms with Gasteiger partial charge >= 0.3 is 0 Å². The van der Waals surface area contributed by atoms with Gasteiger partial charge in [-0.25, -0.2) is 0 Å². The Kier molecular flexibility index (Phi) is 7.44. The highest BCUT2D eigenvalue weighted by atomic mass is 16.5. The average Bonchev–Trinajstić information content (AvgIpc) is 2.70. The van der Waals surface area contributed by atoms with Gasteiger partial charge in [0.1, 0.15) is 17.1 Å². The zero-order valence-electron chi connectivity index (χ0n) is 17.2. The quantitative estimate of drug-likeness (QED) is 0.758. The number of amides is 2. The van der Waals surface area contributed by atoms with Gasteiger partial charge in [0, 0.05) is 25.7 Å². The van der Waals surface area contributed by atoms with Gasteiger partial charge in [-0.05, 0) is 36.6 Å². The number of nitrogens with one attached hydrogen (secondary N) is 1. The first-order valence-electron chi connectivity index (χ1n) is 9.30. The lowest BCUT2D eigenvalue weighted by atomic mass is 10.0. The lowest BCUT2D eigenvalue weighted by Gasteiger charge is -2.26. The number of hydrogen-bond donors (Lipinski definition) is 1. The van der Waals surface area contributed by atoms with E-state index in [9.17, 15) is 9.59 Å². The maximum Gasteiger partial charge on any atom is 0.258 e. The number of para-hydroxylation sites is 1. The van der Waals surface area contributed by atoms with Crippen molar-refractivity contribution in [1.82, 2.24) is 5.32 Å². The number of hydrogen-bond acceptors (Lipinski definition) is 4. The topological polar surface area (TPSA) is 67.9 Å². The van der Waals surface area contributed by atoms with Crippen LogP contribution in [0, 0.1) is 6.92 Å². The highest BCUT2D eigenvalue weighted by Gasteiger charge is 2.20. The Morgan fingerprint density at radius 2 is 1.64 bits per heavy atom. The van der Waals surface area contributed by atoms with Gasteiger partial charge in [-0.2, -0.15) is 0 Å². The van der Waals surface area contributed by atoms with Crippen molar-refractivity contribution in [2.75, 3.05) is 32.2 Å². The van der Waals surface area contributed by atoms with Crippen LogP contribution >= 0.6 is 0 Å². The molecule has 2 aromatic carbocycles. The van der Waals surface area contributed by atoms with E-state index in [0.29, 0.717) is 30.2 Å². The first-order chi connectivity index (χ1) is 13.4. The molecule has 2 rings (SSSR count). The summed E-state index contributed by atoms with van der Waals surface area (Å²) in [6.07, 6.45) is 0.825. The molecule has 0 aliphatic rings. The van der Waals surface area contributed by atoms with Gasteiger partial charge in [-0.1, -0.05) is 31.2 Å². The van der Waals surface area contributed by atoms with E-state index in [4.69, 9.17) is 9.47 Å². The van der Waals surface area contributed by atoms with E-state index < -0.39 is 0 Å². The second-order valence-corrected chi connectivity index (χ2v) is 6.40. The Bertz CT molecular complexity index is 826. The van der Waals surface area contributed by atoms with E-state index >= 15 is 0 Å². The van der Waals surface area contributed by atoms with E-state index in [1.807, 2.05) is 25.1 Å². The summed E-state index contributed by atoms with van der Waals surface area (Å²) in [4.78, 5) is 26.7. The van der Waals surface area contributed by atoms with Crippen LogP contribution in [-0.4, -0.2) is 39.1 Å². The molecule has 150 valence electrons. The minimum atomic E-state index is -0.307. The van der Waals surface area contributed by atoms with Crippen molar-refractivity contribution in [2.45, 2.75) is 27.2 Å². The second-order valence-electron chi connectivity index (χ2n) is 6.40. The van der Waals surface area contributed by atoms with E-state index in [1.54, 1.807) is 23.1 Å². The zero-order valence-corrected chi connectivity index (χ0v) is 17.2. The molecule has 6 nitrogen and oxygen atoms in total. The normalized spacial score (nSPS) is 10.3. The predicted molar refractivity (Wildman–Crippen MR) is 110 cm³/mol. The number of nitrogens with zero attached hydrogens (tertiary/aromatic N) is 1. The summed E-state index contributed by atoms with van der Waals surface area (Å²) >= 11 is 0. The number of carbonyl (C=O) groups excluding carboxylic acids is 2. The molecule has 0 atom stereocenters. The smallest absolute Gasteiger partial charge is 0.258 e. The number of aryl methyl sites for hydroxylation is 2. The summed E-state index contributed by atoms with van der Waals surface area (Å²) in [7, 11) is 3.01. The Morgan fingerprint density at radius 3 is 2.18 bits per heavy atom. The molecule has 0 saturated carbocycles. The second kappa shape index (κ2) is 9.78. The van der Waals surface area contributed by atoms with Crippen LogP contribution in [0.3, 0.4) is 0 Å². The fraction of sp³-hybridized carbons (Fsp3) is 0.364. The minimum absolute atomic E-state index is 0.0619. The van der Waals surface area contributed by atoms with Crippen molar-refractivity contribution in [3.8, 4) is 11.5 Å². The van der Waals surface area contributed by atoms with Gasteiger partial charge in [0.25, 0.3) is 5.91 Å². The van der Waals surface area contributed by atoms with Gasteiger partial charge in [0.2, 0.25) is 5.91 Å². The molecule has 28 heavy (non-hydrogen) atoms. The Hall–Kier alpha value is -3.02. The number of carbonyl (C=O) groups is 2. The Labute approximate surface area is 166 Å².